The Morgan fingerprint density at radius 3 is 2.31 bits per heavy atom. The summed E-state index contributed by atoms with van der Waals surface area (Å²) in [4.78, 5) is 34.8. The fraction of sp³-hybridized carbons (Fsp3) is 0.864. The summed E-state index contributed by atoms with van der Waals surface area (Å²) in [6.45, 7) is 5.79. The van der Waals surface area contributed by atoms with E-state index in [1.807, 2.05) is 0 Å². The second-order valence-corrected chi connectivity index (χ2v) is 15.2. The van der Waals surface area contributed by atoms with E-state index in [9.17, 15) is 14.4 Å². The monoisotopic (exact) mass is 528 g/mol. The van der Waals surface area contributed by atoms with Gasteiger partial charge in [0.15, 0.2) is 0 Å². The molecule has 2 saturated carbocycles. The van der Waals surface area contributed by atoms with Crippen molar-refractivity contribution in [3.63, 3.8) is 0 Å². The number of hydrogen-bond acceptors (Lipinski definition) is 6. The molecular weight excluding hydrogens is 480 g/mol. The maximum Gasteiger partial charge on any atom is 0.324 e. The summed E-state index contributed by atoms with van der Waals surface area (Å²) in [6, 6.07) is -0.252. The first-order chi connectivity index (χ1) is 13.8. The van der Waals surface area contributed by atoms with Gasteiger partial charge in [-0.25, -0.2) is 0 Å². The maximum atomic E-state index is 11.7. The smallest absolute Gasteiger partial charge is 0.324 e. The summed E-state index contributed by atoms with van der Waals surface area (Å²) in [5, 5.41) is 6.58. The highest BCUT2D eigenvalue weighted by Gasteiger charge is 2.45. The van der Waals surface area contributed by atoms with E-state index in [4.69, 9.17) is 4.74 Å². The first kappa shape index (κ1) is 34.6. The Labute approximate surface area is 204 Å². The number of hydrogen-bond donors (Lipinski definition) is 2. The van der Waals surface area contributed by atoms with Crippen LogP contribution in [0.4, 0.5) is 0 Å². The Kier molecular flexibility index (Phi) is 19.3. The lowest BCUT2D eigenvalue weighted by molar-refractivity contribution is -0.143. The van der Waals surface area contributed by atoms with Gasteiger partial charge in [0.1, 0.15) is 23.7 Å². The Morgan fingerprint density at radius 1 is 1.12 bits per heavy atom. The largest absolute Gasteiger partial charge is 0.461 e. The topological polar surface area (TPSA) is 84.5 Å². The minimum atomic E-state index is -0.305. The van der Waals surface area contributed by atoms with Gasteiger partial charge in [-0.05, 0) is 68.5 Å². The Balaban J connectivity index is 0. The minimum absolute atomic E-state index is 0. The molecule has 0 spiro atoms. The summed E-state index contributed by atoms with van der Waals surface area (Å²) >= 11 is 0. The molecule has 0 aromatic heterocycles. The number of Topliss-reactive ketones (excluding diaryl/α,β-unsaturated/α-hetero) is 2. The molecule has 3 fully saturated rings. The Bertz CT molecular complexity index is 580. The zero-order chi connectivity index (χ0) is 21.4. The zero-order valence-electron chi connectivity index (χ0n) is 17.7. The van der Waals surface area contributed by atoms with Gasteiger partial charge in [-0.2, -0.15) is 0 Å². The second kappa shape index (κ2) is 17.8. The third kappa shape index (κ3) is 10.4. The molecule has 32 heavy (non-hydrogen) atoms. The highest BCUT2D eigenvalue weighted by molar-refractivity contribution is 8.12. The molecular formula is C22H48N2O4P4. The van der Waals surface area contributed by atoms with E-state index in [1.165, 1.54) is 12.8 Å². The van der Waals surface area contributed by atoms with Gasteiger partial charge < -0.3 is 4.74 Å². The molecule has 1 aliphatic heterocycles. The molecule has 0 amide bonds. The van der Waals surface area contributed by atoms with Gasteiger partial charge in [0.25, 0.3) is 0 Å². The van der Waals surface area contributed by atoms with Crippen molar-refractivity contribution in [1.82, 2.24) is 10.2 Å². The molecule has 3 rings (SSSR count). The lowest BCUT2D eigenvalue weighted by Crippen LogP contribution is -2.42. The van der Waals surface area contributed by atoms with Crippen LogP contribution in [0.1, 0.15) is 80.6 Å². The molecule has 190 valence electrons. The van der Waals surface area contributed by atoms with E-state index in [0.29, 0.717) is 20.8 Å². The number of carbonyl (C=O) groups excluding carboxylic acids is 3. The standard InChI is InChI=1S/C10H19NO2P2.C9H17NO2P2.3CH4/c1-7(12)10(11-15-14-2)8-5-3-4-6-9(8)13;1-14(13)10-8-6-4-2-3-5-7(6)12-9(8)11;;;/h8,10-11,14-15H,3-6H2,1-2H3;6-8,10H,2-5,13H2,1H3;3*1H4. The number of esters is 1. The van der Waals surface area contributed by atoms with E-state index in [1.54, 1.807) is 6.92 Å². The van der Waals surface area contributed by atoms with Gasteiger partial charge in [0.2, 0.25) is 0 Å². The minimum Gasteiger partial charge on any atom is -0.461 e. The zero-order valence-corrected chi connectivity index (χ0v) is 21.8. The van der Waals surface area contributed by atoms with Crippen molar-refractivity contribution in [3.8, 4) is 0 Å². The third-order valence-corrected chi connectivity index (χ3v) is 8.86. The molecule has 1 heterocycles. The normalized spacial score (nSPS) is 29.0. The first-order valence-corrected chi connectivity index (χ1v) is 17.4. The fourth-order valence-electron chi connectivity index (χ4n) is 4.42. The van der Waals surface area contributed by atoms with E-state index in [2.05, 4.69) is 32.4 Å². The molecule has 0 aromatic rings. The van der Waals surface area contributed by atoms with Gasteiger partial charge in [-0.1, -0.05) is 52.3 Å². The number of nitrogens with one attached hydrogen (secondary N) is 2. The highest BCUT2D eigenvalue weighted by atomic mass is 32.0. The Hall–Kier alpha value is 0.450. The molecule has 2 N–H and O–H groups in total. The number of ketones is 2. The molecule has 6 nitrogen and oxygen atoms in total. The molecule has 0 radical (unpaired) electrons. The fourth-order valence-corrected chi connectivity index (χ4v) is 7.24. The maximum absolute atomic E-state index is 11.7. The summed E-state index contributed by atoms with van der Waals surface area (Å²) in [7, 11) is 3.84. The van der Waals surface area contributed by atoms with Gasteiger partial charge in [-0.3, -0.25) is 24.6 Å². The first-order valence-electron chi connectivity index (χ1n) is 10.5. The lowest BCUT2D eigenvalue weighted by atomic mass is 9.82. The van der Waals surface area contributed by atoms with Crippen LogP contribution in [0.25, 0.3) is 0 Å². The van der Waals surface area contributed by atoms with E-state index >= 15 is 0 Å². The number of fused-ring (bicyclic) bond motifs is 1. The van der Waals surface area contributed by atoms with Gasteiger partial charge in [0, 0.05) is 18.3 Å². The van der Waals surface area contributed by atoms with Crippen LogP contribution in [0.3, 0.4) is 0 Å². The van der Waals surface area contributed by atoms with E-state index < -0.39 is 0 Å². The van der Waals surface area contributed by atoms with Crippen molar-refractivity contribution in [2.24, 2.45) is 11.8 Å². The third-order valence-electron chi connectivity index (χ3n) is 5.84. The highest BCUT2D eigenvalue weighted by Crippen LogP contribution is 2.42. The molecule has 2 aliphatic carbocycles. The number of rotatable bonds is 7. The van der Waals surface area contributed by atoms with Crippen LogP contribution in [0.15, 0.2) is 0 Å². The van der Waals surface area contributed by atoms with Crippen LogP contribution in [-0.4, -0.2) is 49.1 Å². The molecule has 0 bridgehead atoms. The summed E-state index contributed by atoms with van der Waals surface area (Å²) < 4.78 is 5.38. The SMILES string of the molecule is C.C.C.CP(P)NC1C(=O)OC2CCCCC21.CPPNC(C(C)=O)C1CCCCC1=O. The second-order valence-electron chi connectivity index (χ2n) is 8.07. The van der Waals surface area contributed by atoms with Crippen molar-refractivity contribution in [1.29, 1.82) is 0 Å². The van der Waals surface area contributed by atoms with E-state index in [0.717, 1.165) is 40.4 Å². The van der Waals surface area contributed by atoms with Crippen molar-refractivity contribution >= 4 is 50.9 Å². The Morgan fingerprint density at radius 2 is 1.75 bits per heavy atom. The predicted molar refractivity (Wildman–Crippen MR) is 149 cm³/mol. The quantitative estimate of drug-likeness (QED) is 0.317. The summed E-state index contributed by atoms with van der Waals surface area (Å²) in [5.74, 6) is 0.736. The summed E-state index contributed by atoms with van der Waals surface area (Å²) in [6.07, 6.45) is 8.48. The van der Waals surface area contributed by atoms with Crippen LogP contribution in [0.2, 0.25) is 0 Å². The summed E-state index contributed by atoms with van der Waals surface area (Å²) in [5.41, 5.74) is 0. The van der Waals surface area contributed by atoms with Crippen LogP contribution >= 0.6 is 33.4 Å². The van der Waals surface area contributed by atoms with Crippen LogP contribution in [-0.2, 0) is 19.1 Å². The van der Waals surface area contributed by atoms with Crippen molar-refractivity contribution in [2.75, 3.05) is 13.3 Å². The van der Waals surface area contributed by atoms with Crippen LogP contribution < -0.4 is 10.2 Å². The van der Waals surface area contributed by atoms with Crippen molar-refractivity contribution in [3.05, 3.63) is 0 Å². The molecule has 9 unspecified atom stereocenters. The van der Waals surface area contributed by atoms with Crippen molar-refractivity contribution < 1.29 is 19.1 Å². The molecule has 1 saturated heterocycles. The van der Waals surface area contributed by atoms with Gasteiger partial charge in [0.05, 0.1) is 6.04 Å². The molecule has 10 heteroatoms. The lowest BCUT2D eigenvalue weighted by Gasteiger charge is -2.27. The number of carbonyl (C=O) groups is 3. The number of ether oxygens (including phenoxy) is 1. The molecule has 9 atom stereocenters. The van der Waals surface area contributed by atoms with Crippen LogP contribution in [0, 0.1) is 11.8 Å². The average molecular weight is 529 g/mol. The van der Waals surface area contributed by atoms with Crippen molar-refractivity contribution in [2.45, 2.75) is 98.8 Å². The average Bonchev–Trinajstić information content (AvgIpc) is 2.99. The molecule has 0 aromatic carbocycles. The molecule has 3 aliphatic rings. The predicted octanol–water partition coefficient (Wildman–Crippen LogP) is 5.90. The van der Waals surface area contributed by atoms with Crippen LogP contribution in [0.5, 0.6) is 0 Å². The van der Waals surface area contributed by atoms with Gasteiger partial charge >= 0.3 is 5.97 Å². The van der Waals surface area contributed by atoms with E-state index in [-0.39, 0.29) is 71.7 Å². The van der Waals surface area contributed by atoms with Gasteiger partial charge in [-0.15, -0.1) is 0 Å².